The normalized spacial score (nSPS) is 10.2. The fraction of sp³-hybridized carbons (Fsp3) is 0.154. The van der Waals surface area contributed by atoms with Crippen molar-refractivity contribution in [3.8, 4) is 0 Å². The van der Waals surface area contributed by atoms with E-state index in [4.69, 9.17) is 9.52 Å². The van der Waals surface area contributed by atoms with Gasteiger partial charge in [-0.3, -0.25) is 14.4 Å². The Bertz CT molecular complexity index is 662. The van der Waals surface area contributed by atoms with Gasteiger partial charge < -0.3 is 20.2 Å². The fourth-order valence-corrected chi connectivity index (χ4v) is 1.65. The monoisotopic (exact) mass is 276 g/mol. The number of carbonyl (C=O) groups is 3. The van der Waals surface area contributed by atoms with Gasteiger partial charge in [0.15, 0.2) is 0 Å². The zero-order valence-electron chi connectivity index (χ0n) is 10.4. The maximum atomic E-state index is 11.9. The number of carboxylic acid groups (broad SMARTS) is 1. The molecule has 3 N–H and O–H groups in total. The molecule has 1 heterocycles. The summed E-state index contributed by atoms with van der Waals surface area (Å²) in [5.41, 5.74) is 0.902. The number of carbonyl (C=O) groups excluding carboxylic acids is 2. The van der Waals surface area contributed by atoms with E-state index in [2.05, 4.69) is 10.6 Å². The predicted octanol–water partition coefficient (Wildman–Crippen LogP) is 0.363. The van der Waals surface area contributed by atoms with Crippen molar-refractivity contribution < 1.29 is 23.9 Å². The molecule has 0 spiro atoms. The third-order valence-corrected chi connectivity index (χ3v) is 2.57. The number of rotatable bonds is 5. The van der Waals surface area contributed by atoms with E-state index in [1.165, 1.54) is 6.26 Å². The van der Waals surface area contributed by atoms with Crippen molar-refractivity contribution in [1.82, 2.24) is 10.6 Å². The van der Waals surface area contributed by atoms with E-state index in [1.807, 2.05) is 0 Å². The summed E-state index contributed by atoms with van der Waals surface area (Å²) in [5.74, 6) is -2.18. The molecule has 0 aliphatic carbocycles. The Morgan fingerprint density at radius 3 is 2.60 bits per heavy atom. The topological polar surface area (TPSA) is 109 Å². The molecule has 0 bridgehead atoms. The summed E-state index contributed by atoms with van der Waals surface area (Å²) < 4.78 is 5.22. The highest BCUT2D eigenvalue weighted by atomic mass is 16.4. The summed E-state index contributed by atoms with van der Waals surface area (Å²) in [5, 5.41) is 13.6. The first-order valence-corrected chi connectivity index (χ1v) is 5.81. The van der Waals surface area contributed by atoms with Gasteiger partial charge >= 0.3 is 5.97 Å². The van der Waals surface area contributed by atoms with Crippen molar-refractivity contribution in [3.05, 3.63) is 36.1 Å². The van der Waals surface area contributed by atoms with Crippen molar-refractivity contribution in [2.24, 2.45) is 0 Å². The van der Waals surface area contributed by atoms with Crippen LogP contribution in [0.1, 0.15) is 10.4 Å². The highest BCUT2D eigenvalue weighted by molar-refractivity contribution is 6.06. The summed E-state index contributed by atoms with van der Waals surface area (Å²) >= 11 is 0. The molecule has 1 aromatic carbocycles. The SMILES string of the molecule is O=C(O)CNC(=O)CNC(=O)c1coc2ccccc12. The lowest BCUT2D eigenvalue weighted by Crippen LogP contribution is -2.38. The highest BCUT2D eigenvalue weighted by Crippen LogP contribution is 2.20. The van der Waals surface area contributed by atoms with Gasteiger partial charge in [-0.2, -0.15) is 0 Å². The number of nitrogens with one attached hydrogen (secondary N) is 2. The van der Waals surface area contributed by atoms with E-state index in [1.54, 1.807) is 24.3 Å². The van der Waals surface area contributed by atoms with E-state index in [0.717, 1.165) is 0 Å². The summed E-state index contributed by atoms with van der Waals surface area (Å²) in [7, 11) is 0. The molecule has 2 amide bonds. The number of hydrogen-bond donors (Lipinski definition) is 3. The Kier molecular flexibility index (Phi) is 3.99. The second kappa shape index (κ2) is 5.87. The molecule has 20 heavy (non-hydrogen) atoms. The second-order valence-electron chi connectivity index (χ2n) is 4.00. The van der Waals surface area contributed by atoms with Gasteiger partial charge in [0.1, 0.15) is 18.4 Å². The van der Waals surface area contributed by atoms with Gasteiger partial charge in [-0.05, 0) is 6.07 Å². The molecule has 2 aromatic rings. The van der Waals surface area contributed by atoms with Crippen LogP contribution in [-0.2, 0) is 9.59 Å². The average molecular weight is 276 g/mol. The zero-order chi connectivity index (χ0) is 14.5. The predicted molar refractivity (Wildman–Crippen MR) is 69.2 cm³/mol. The fourth-order valence-electron chi connectivity index (χ4n) is 1.65. The molecule has 0 aliphatic heterocycles. The molecule has 0 saturated heterocycles. The van der Waals surface area contributed by atoms with Gasteiger partial charge in [0, 0.05) is 5.39 Å². The first-order valence-electron chi connectivity index (χ1n) is 5.81. The maximum absolute atomic E-state index is 11.9. The molecule has 0 atom stereocenters. The first-order chi connectivity index (χ1) is 9.58. The van der Waals surface area contributed by atoms with Gasteiger partial charge in [0.05, 0.1) is 12.1 Å². The highest BCUT2D eigenvalue weighted by Gasteiger charge is 2.14. The molecular weight excluding hydrogens is 264 g/mol. The standard InChI is InChI=1S/C13H12N2O5/c16-11(14-6-12(17)18)5-15-13(19)9-7-20-10-4-2-1-3-8(9)10/h1-4,7H,5-6H2,(H,14,16)(H,15,19)(H,17,18). The van der Waals surface area contributed by atoms with E-state index in [9.17, 15) is 14.4 Å². The Hall–Kier alpha value is -2.83. The van der Waals surface area contributed by atoms with Crippen LogP contribution in [0.4, 0.5) is 0 Å². The molecule has 104 valence electrons. The van der Waals surface area contributed by atoms with Crippen molar-refractivity contribution in [3.63, 3.8) is 0 Å². The molecule has 2 rings (SSSR count). The average Bonchev–Trinajstić information content (AvgIpc) is 2.86. The number of carboxylic acids is 1. The molecule has 0 radical (unpaired) electrons. The maximum Gasteiger partial charge on any atom is 0.322 e. The second-order valence-corrected chi connectivity index (χ2v) is 4.00. The molecule has 0 unspecified atom stereocenters. The van der Waals surface area contributed by atoms with Gasteiger partial charge in [0.25, 0.3) is 5.91 Å². The Morgan fingerprint density at radius 2 is 1.85 bits per heavy atom. The van der Waals surface area contributed by atoms with Crippen LogP contribution in [-0.4, -0.2) is 36.0 Å². The van der Waals surface area contributed by atoms with Crippen LogP contribution in [0.3, 0.4) is 0 Å². The van der Waals surface area contributed by atoms with Crippen LogP contribution in [0, 0.1) is 0 Å². The summed E-state index contributed by atoms with van der Waals surface area (Å²) in [6, 6.07) is 7.02. The molecule has 0 fully saturated rings. The molecule has 0 aliphatic rings. The van der Waals surface area contributed by atoms with Crippen LogP contribution in [0.25, 0.3) is 11.0 Å². The quantitative estimate of drug-likeness (QED) is 0.730. The molecule has 7 nitrogen and oxygen atoms in total. The number of benzene rings is 1. The Balaban J connectivity index is 1.95. The van der Waals surface area contributed by atoms with Gasteiger partial charge in [0.2, 0.25) is 5.91 Å². The van der Waals surface area contributed by atoms with Crippen molar-refractivity contribution in [2.45, 2.75) is 0 Å². The van der Waals surface area contributed by atoms with Crippen molar-refractivity contribution >= 4 is 28.8 Å². The van der Waals surface area contributed by atoms with Gasteiger partial charge in [-0.25, -0.2) is 0 Å². The summed E-state index contributed by atoms with van der Waals surface area (Å²) in [4.78, 5) is 33.4. The minimum Gasteiger partial charge on any atom is -0.480 e. The van der Waals surface area contributed by atoms with E-state index < -0.39 is 24.3 Å². The van der Waals surface area contributed by atoms with Crippen LogP contribution in [0.5, 0.6) is 0 Å². The largest absolute Gasteiger partial charge is 0.480 e. The number of amides is 2. The first kappa shape index (κ1) is 13.6. The Morgan fingerprint density at radius 1 is 1.10 bits per heavy atom. The minimum absolute atomic E-state index is 0.300. The van der Waals surface area contributed by atoms with Gasteiger partial charge in [-0.1, -0.05) is 18.2 Å². The molecular formula is C13H12N2O5. The molecule has 1 aromatic heterocycles. The van der Waals surface area contributed by atoms with E-state index >= 15 is 0 Å². The number of hydrogen-bond acceptors (Lipinski definition) is 4. The van der Waals surface area contributed by atoms with Crippen molar-refractivity contribution in [1.29, 1.82) is 0 Å². The zero-order valence-corrected chi connectivity index (χ0v) is 10.4. The summed E-state index contributed by atoms with van der Waals surface area (Å²) in [6.45, 7) is -0.783. The molecule has 7 heteroatoms. The Labute approximate surface area is 113 Å². The van der Waals surface area contributed by atoms with E-state index in [0.29, 0.717) is 16.5 Å². The van der Waals surface area contributed by atoms with Crippen molar-refractivity contribution in [2.75, 3.05) is 13.1 Å². The number of aliphatic carboxylic acids is 1. The lowest BCUT2D eigenvalue weighted by molar-refractivity contribution is -0.137. The third-order valence-electron chi connectivity index (χ3n) is 2.57. The van der Waals surface area contributed by atoms with E-state index in [-0.39, 0.29) is 6.54 Å². The molecule has 0 saturated carbocycles. The minimum atomic E-state index is -1.15. The lowest BCUT2D eigenvalue weighted by Gasteiger charge is -2.04. The van der Waals surface area contributed by atoms with Crippen LogP contribution >= 0.6 is 0 Å². The lowest BCUT2D eigenvalue weighted by atomic mass is 10.1. The van der Waals surface area contributed by atoms with Crippen LogP contribution < -0.4 is 10.6 Å². The number of para-hydroxylation sites is 1. The third kappa shape index (κ3) is 3.14. The number of furan rings is 1. The van der Waals surface area contributed by atoms with Crippen LogP contribution in [0.2, 0.25) is 0 Å². The van der Waals surface area contributed by atoms with Gasteiger partial charge in [-0.15, -0.1) is 0 Å². The van der Waals surface area contributed by atoms with Crippen LogP contribution in [0.15, 0.2) is 34.9 Å². The number of fused-ring (bicyclic) bond motifs is 1. The smallest absolute Gasteiger partial charge is 0.322 e. The summed E-state index contributed by atoms with van der Waals surface area (Å²) in [6.07, 6.45) is 1.31.